The van der Waals surface area contributed by atoms with Crippen LogP contribution in [0, 0.1) is 6.92 Å². The summed E-state index contributed by atoms with van der Waals surface area (Å²) < 4.78 is 0. The van der Waals surface area contributed by atoms with Crippen LogP contribution < -0.4 is 0 Å². The van der Waals surface area contributed by atoms with Crippen LogP contribution in [0.1, 0.15) is 42.6 Å². The predicted octanol–water partition coefficient (Wildman–Crippen LogP) is 2.80. The van der Waals surface area contributed by atoms with Crippen LogP contribution in [0.25, 0.3) is 0 Å². The molecule has 2 bridgehead atoms. The van der Waals surface area contributed by atoms with E-state index in [4.69, 9.17) is 0 Å². The van der Waals surface area contributed by atoms with E-state index in [-0.39, 0.29) is 0 Å². The van der Waals surface area contributed by atoms with Crippen molar-refractivity contribution in [2.75, 3.05) is 0 Å². The van der Waals surface area contributed by atoms with Gasteiger partial charge in [-0.2, -0.15) is 10.2 Å². The van der Waals surface area contributed by atoms with Gasteiger partial charge in [0.05, 0.1) is 11.4 Å². The first kappa shape index (κ1) is 14.8. The topological polar surface area (TPSA) is 49.2 Å². The fourth-order valence-corrected chi connectivity index (χ4v) is 4.22. The molecular formula is C19H23N3O. The van der Waals surface area contributed by atoms with Crippen molar-refractivity contribution in [2.24, 2.45) is 0 Å². The molecule has 2 saturated heterocycles. The molecule has 1 N–H and O–H groups in total. The Bertz CT molecular complexity index is 657. The second kappa shape index (κ2) is 5.69. The third-order valence-electron chi connectivity index (χ3n) is 5.40. The molecule has 0 saturated carbocycles. The second-order valence-electron chi connectivity index (χ2n) is 7.04. The number of aromatic nitrogens is 2. The first-order valence-electron chi connectivity index (χ1n) is 8.47. The normalized spacial score (nSPS) is 30.5. The molecular weight excluding hydrogens is 286 g/mol. The maximum atomic E-state index is 11.2. The molecule has 4 rings (SSSR count). The third kappa shape index (κ3) is 2.77. The first-order valence-corrected chi connectivity index (χ1v) is 8.47. The summed E-state index contributed by atoms with van der Waals surface area (Å²) in [6, 6.07) is 15.4. The second-order valence-corrected chi connectivity index (χ2v) is 7.04. The van der Waals surface area contributed by atoms with Crippen LogP contribution in [0.4, 0.5) is 0 Å². The van der Waals surface area contributed by atoms with Gasteiger partial charge in [-0.25, -0.2) is 0 Å². The Balaban J connectivity index is 1.54. The molecule has 0 spiro atoms. The van der Waals surface area contributed by atoms with Crippen LogP contribution in [0.5, 0.6) is 0 Å². The van der Waals surface area contributed by atoms with Crippen molar-refractivity contribution in [1.82, 2.24) is 15.1 Å². The Hall–Kier alpha value is -1.78. The Labute approximate surface area is 137 Å². The SMILES string of the molecule is Cc1ccc(C2(O)CC3CCC(C2)N3Cc2ccccc2)nn1. The zero-order chi connectivity index (χ0) is 15.9. The Morgan fingerprint density at radius 3 is 2.35 bits per heavy atom. The highest BCUT2D eigenvalue weighted by molar-refractivity contribution is 5.20. The van der Waals surface area contributed by atoms with Crippen LogP contribution in [0.15, 0.2) is 42.5 Å². The van der Waals surface area contributed by atoms with Gasteiger partial charge in [0.2, 0.25) is 0 Å². The number of fused-ring (bicyclic) bond motifs is 2. The lowest BCUT2D eigenvalue weighted by Gasteiger charge is -2.43. The average molecular weight is 309 g/mol. The van der Waals surface area contributed by atoms with Gasteiger partial charge < -0.3 is 5.11 Å². The van der Waals surface area contributed by atoms with E-state index in [9.17, 15) is 5.11 Å². The van der Waals surface area contributed by atoms with Gasteiger partial charge in [-0.15, -0.1) is 0 Å². The summed E-state index contributed by atoms with van der Waals surface area (Å²) in [6.45, 7) is 2.90. The van der Waals surface area contributed by atoms with E-state index >= 15 is 0 Å². The zero-order valence-corrected chi connectivity index (χ0v) is 13.5. The molecule has 3 heterocycles. The lowest BCUT2D eigenvalue weighted by atomic mass is 9.83. The molecule has 1 aromatic heterocycles. The molecule has 2 unspecified atom stereocenters. The lowest BCUT2D eigenvalue weighted by molar-refractivity contribution is -0.0629. The minimum absolute atomic E-state index is 0.432. The summed E-state index contributed by atoms with van der Waals surface area (Å²) in [5, 5.41) is 19.6. The van der Waals surface area contributed by atoms with Crippen LogP contribution in [-0.4, -0.2) is 32.3 Å². The molecule has 0 radical (unpaired) electrons. The molecule has 2 fully saturated rings. The van der Waals surface area contributed by atoms with Crippen molar-refractivity contribution >= 4 is 0 Å². The predicted molar refractivity (Wildman–Crippen MR) is 88.7 cm³/mol. The van der Waals surface area contributed by atoms with Gasteiger partial charge in [-0.3, -0.25) is 4.90 Å². The monoisotopic (exact) mass is 309 g/mol. The number of aliphatic hydroxyl groups is 1. The standard InChI is InChI=1S/C19H23N3O/c1-14-7-10-18(21-20-14)19(23)11-16-8-9-17(12-19)22(16)13-15-5-3-2-4-6-15/h2-7,10,16-17,23H,8-9,11-13H2,1H3. The molecule has 4 heteroatoms. The van der Waals surface area contributed by atoms with Crippen LogP contribution >= 0.6 is 0 Å². The molecule has 2 aromatic rings. The zero-order valence-electron chi connectivity index (χ0n) is 13.5. The average Bonchev–Trinajstić information content (AvgIpc) is 2.80. The van der Waals surface area contributed by atoms with Crippen LogP contribution in [0.2, 0.25) is 0 Å². The number of hydrogen-bond donors (Lipinski definition) is 1. The van der Waals surface area contributed by atoms with Crippen molar-refractivity contribution < 1.29 is 5.11 Å². The molecule has 2 aliphatic heterocycles. The van der Waals surface area contributed by atoms with Gasteiger partial charge in [-0.1, -0.05) is 30.3 Å². The molecule has 0 aliphatic carbocycles. The molecule has 4 nitrogen and oxygen atoms in total. The smallest absolute Gasteiger partial charge is 0.111 e. The minimum atomic E-state index is -0.820. The van der Waals surface area contributed by atoms with Gasteiger partial charge in [-0.05, 0) is 50.3 Å². The molecule has 2 atom stereocenters. The highest BCUT2D eigenvalue weighted by Gasteiger charge is 2.48. The van der Waals surface area contributed by atoms with Crippen LogP contribution in [0.3, 0.4) is 0 Å². The van der Waals surface area contributed by atoms with Gasteiger partial charge >= 0.3 is 0 Å². The van der Waals surface area contributed by atoms with Crippen LogP contribution in [-0.2, 0) is 12.1 Å². The number of rotatable bonds is 3. The molecule has 2 aliphatic rings. The first-order chi connectivity index (χ1) is 11.1. The van der Waals surface area contributed by atoms with Gasteiger partial charge in [0.25, 0.3) is 0 Å². The summed E-state index contributed by atoms with van der Waals surface area (Å²) in [7, 11) is 0. The summed E-state index contributed by atoms with van der Waals surface area (Å²) in [5.41, 5.74) is 2.16. The van der Waals surface area contributed by atoms with Crippen molar-refractivity contribution in [3.05, 3.63) is 59.4 Å². The number of piperidine rings is 1. The van der Waals surface area contributed by atoms with Crippen molar-refractivity contribution in [3.8, 4) is 0 Å². The van der Waals surface area contributed by atoms with Gasteiger partial charge in [0.15, 0.2) is 0 Å². The highest BCUT2D eigenvalue weighted by atomic mass is 16.3. The van der Waals surface area contributed by atoms with E-state index in [2.05, 4.69) is 45.4 Å². The van der Waals surface area contributed by atoms with E-state index in [0.717, 1.165) is 30.8 Å². The lowest BCUT2D eigenvalue weighted by Crippen LogP contribution is -2.49. The molecule has 23 heavy (non-hydrogen) atoms. The summed E-state index contributed by atoms with van der Waals surface area (Å²) in [4.78, 5) is 2.57. The van der Waals surface area contributed by atoms with Crippen molar-refractivity contribution in [3.63, 3.8) is 0 Å². The number of nitrogens with zero attached hydrogens (tertiary/aromatic N) is 3. The number of benzene rings is 1. The fourth-order valence-electron chi connectivity index (χ4n) is 4.22. The quantitative estimate of drug-likeness (QED) is 0.947. The Kier molecular flexibility index (Phi) is 3.66. The molecule has 120 valence electrons. The van der Waals surface area contributed by atoms with Crippen molar-refractivity contribution in [1.29, 1.82) is 0 Å². The Morgan fingerprint density at radius 1 is 1.04 bits per heavy atom. The largest absolute Gasteiger partial charge is 0.383 e. The molecule has 0 amide bonds. The van der Waals surface area contributed by atoms with Gasteiger partial charge in [0, 0.05) is 18.6 Å². The summed E-state index contributed by atoms with van der Waals surface area (Å²) >= 11 is 0. The maximum absolute atomic E-state index is 11.2. The Morgan fingerprint density at radius 2 is 1.74 bits per heavy atom. The van der Waals surface area contributed by atoms with E-state index in [1.807, 2.05) is 19.1 Å². The summed E-state index contributed by atoms with van der Waals surface area (Å²) in [5.74, 6) is 0. The fraction of sp³-hybridized carbons (Fsp3) is 0.474. The molecule has 1 aromatic carbocycles. The maximum Gasteiger partial charge on any atom is 0.111 e. The highest BCUT2D eigenvalue weighted by Crippen LogP contribution is 2.45. The summed E-state index contributed by atoms with van der Waals surface area (Å²) in [6.07, 6.45) is 3.85. The number of aryl methyl sites for hydroxylation is 1. The van der Waals surface area contributed by atoms with Gasteiger partial charge in [0.1, 0.15) is 5.60 Å². The number of hydrogen-bond acceptors (Lipinski definition) is 4. The minimum Gasteiger partial charge on any atom is -0.383 e. The van der Waals surface area contributed by atoms with E-state index in [1.54, 1.807) is 0 Å². The van der Waals surface area contributed by atoms with E-state index in [1.165, 1.54) is 18.4 Å². The van der Waals surface area contributed by atoms with E-state index in [0.29, 0.717) is 12.1 Å². The van der Waals surface area contributed by atoms with E-state index < -0.39 is 5.60 Å². The third-order valence-corrected chi connectivity index (χ3v) is 5.40. The van der Waals surface area contributed by atoms with Crippen molar-refractivity contribution in [2.45, 2.75) is 56.8 Å².